The molecule has 15 heavy (non-hydrogen) atoms. The van der Waals surface area contributed by atoms with Gasteiger partial charge in [0.1, 0.15) is 0 Å². The van der Waals surface area contributed by atoms with Gasteiger partial charge in [-0.2, -0.15) is 0 Å². The highest BCUT2D eigenvalue weighted by Crippen LogP contribution is 2.22. The highest BCUT2D eigenvalue weighted by molar-refractivity contribution is 7.09. The summed E-state index contributed by atoms with van der Waals surface area (Å²) in [4.78, 5) is 4.32. The van der Waals surface area contributed by atoms with Gasteiger partial charge in [-0.1, -0.05) is 19.1 Å². The molecular weight excluding hydrogens is 204 g/mol. The molecule has 2 nitrogen and oxygen atoms in total. The van der Waals surface area contributed by atoms with Crippen LogP contribution in [0.1, 0.15) is 23.4 Å². The maximum absolute atomic E-state index is 5.64. The molecule has 0 radical (unpaired) electrons. The van der Waals surface area contributed by atoms with Crippen molar-refractivity contribution >= 4 is 17.0 Å². The first-order valence-corrected chi connectivity index (χ1v) is 5.87. The Morgan fingerprint density at radius 2 is 2.07 bits per heavy atom. The van der Waals surface area contributed by atoms with Crippen molar-refractivity contribution in [2.24, 2.45) is 0 Å². The predicted molar refractivity (Wildman–Crippen MR) is 65.1 cm³/mol. The van der Waals surface area contributed by atoms with E-state index in [4.69, 9.17) is 5.73 Å². The molecule has 0 saturated carbocycles. The number of aromatic nitrogens is 1. The Bertz CT molecular complexity index is 406. The summed E-state index contributed by atoms with van der Waals surface area (Å²) in [7, 11) is 0. The SMILES string of the molecule is CC(Cc1ccc(N)cc1)c1nccs1. The van der Waals surface area contributed by atoms with Crippen LogP contribution >= 0.6 is 11.3 Å². The van der Waals surface area contributed by atoms with Crippen molar-refractivity contribution in [3.05, 3.63) is 46.4 Å². The van der Waals surface area contributed by atoms with Crippen LogP contribution in [0.25, 0.3) is 0 Å². The number of benzene rings is 1. The van der Waals surface area contributed by atoms with E-state index in [0.29, 0.717) is 5.92 Å². The molecule has 0 aliphatic heterocycles. The van der Waals surface area contributed by atoms with Gasteiger partial charge in [0, 0.05) is 23.2 Å². The Labute approximate surface area is 93.8 Å². The molecule has 3 heteroatoms. The number of rotatable bonds is 3. The molecule has 1 heterocycles. The predicted octanol–water partition coefficient (Wildman–Crippen LogP) is 3.07. The molecule has 2 N–H and O–H groups in total. The molecule has 0 spiro atoms. The average Bonchev–Trinajstić information content (AvgIpc) is 2.74. The molecule has 0 amide bonds. The van der Waals surface area contributed by atoms with E-state index in [2.05, 4.69) is 24.0 Å². The fourth-order valence-corrected chi connectivity index (χ4v) is 2.27. The Morgan fingerprint density at radius 1 is 1.33 bits per heavy atom. The van der Waals surface area contributed by atoms with E-state index < -0.39 is 0 Å². The number of nitrogens with two attached hydrogens (primary N) is 1. The van der Waals surface area contributed by atoms with Crippen LogP contribution in [0.15, 0.2) is 35.8 Å². The Hall–Kier alpha value is -1.35. The maximum Gasteiger partial charge on any atom is 0.0956 e. The number of nitrogen functional groups attached to an aromatic ring is 1. The van der Waals surface area contributed by atoms with Gasteiger partial charge in [-0.3, -0.25) is 0 Å². The maximum atomic E-state index is 5.64. The van der Waals surface area contributed by atoms with E-state index in [-0.39, 0.29) is 0 Å². The smallest absolute Gasteiger partial charge is 0.0956 e. The van der Waals surface area contributed by atoms with Crippen molar-refractivity contribution in [2.45, 2.75) is 19.3 Å². The highest BCUT2D eigenvalue weighted by atomic mass is 32.1. The number of anilines is 1. The first-order chi connectivity index (χ1) is 7.25. The molecule has 78 valence electrons. The zero-order valence-electron chi connectivity index (χ0n) is 8.68. The van der Waals surface area contributed by atoms with Crippen molar-refractivity contribution < 1.29 is 0 Å². The van der Waals surface area contributed by atoms with E-state index in [1.54, 1.807) is 11.3 Å². The Balaban J connectivity index is 2.06. The van der Waals surface area contributed by atoms with Gasteiger partial charge < -0.3 is 5.73 Å². The molecule has 0 aliphatic rings. The van der Waals surface area contributed by atoms with E-state index in [1.165, 1.54) is 10.6 Å². The third kappa shape index (κ3) is 2.57. The molecule has 0 aliphatic carbocycles. The molecule has 0 fully saturated rings. The summed E-state index contributed by atoms with van der Waals surface area (Å²) in [6.07, 6.45) is 2.88. The van der Waals surface area contributed by atoms with Crippen molar-refractivity contribution in [3.63, 3.8) is 0 Å². The van der Waals surface area contributed by atoms with Gasteiger partial charge in [-0.25, -0.2) is 4.98 Å². The number of hydrogen-bond acceptors (Lipinski definition) is 3. The van der Waals surface area contributed by atoms with Gasteiger partial charge in [0.2, 0.25) is 0 Å². The molecule has 0 bridgehead atoms. The van der Waals surface area contributed by atoms with E-state index >= 15 is 0 Å². The molecule has 1 aromatic carbocycles. The first-order valence-electron chi connectivity index (χ1n) is 4.99. The summed E-state index contributed by atoms with van der Waals surface area (Å²) < 4.78 is 0. The van der Waals surface area contributed by atoms with E-state index in [0.717, 1.165) is 12.1 Å². The molecule has 1 aromatic heterocycles. The van der Waals surface area contributed by atoms with Crippen molar-refractivity contribution in [3.8, 4) is 0 Å². The summed E-state index contributed by atoms with van der Waals surface area (Å²) >= 11 is 1.72. The van der Waals surface area contributed by atoms with Crippen LogP contribution in [0.5, 0.6) is 0 Å². The zero-order chi connectivity index (χ0) is 10.7. The minimum atomic E-state index is 0.480. The quantitative estimate of drug-likeness (QED) is 0.804. The molecular formula is C12H14N2S. The first kappa shape index (κ1) is 10.2. The monoisotopic (exact) mass is 218 g/mol. The van der Waals surface area contributed by atoms with E-state index in [1.807, 2.05) is 23.7 Å². The van der Waals surface area contributed by atoms with Crippen LogP contribution in [0.3, 0.4) is 0 Å². The van der Waals surface area contributed by atoms with Gasteiger partial charge in [-0.15, -0.1) is 11.3 Å². The Morgan fingerprint density at radius 3 is 2.67 bits per heavy atom. The lowest BCUT2D eigenvalue weighted by atomic mass is 10.0. The lowest BCUT2D eigenvalue weighted by molar-refractivity contribution is 0.751. The second-order valence-corrected chi connectivity index (χ2v) is 4.64. The van der Waals surface area contributed by atoms with Crippen molar-refractivity contribution in [2.75, 3.05) is 5.73 Å². The number of nitrogens with zero attached hydrogens (tertiary/aromatic N) is 1. The van der Waals surface area contributed by atoms with Gasteiger partial charge in [0.25, 0.3) is 0 Å². The molecule has 1 atom stereocenters. The minimum absolute atomic E-state index is 0.480. The van der Waals surface area contributed by atoms with E-state index in [9.17, 15) is 0 Å². The van der Waals surface area contributed by atoms with Crippen LogP contribution in [0.4, 0.5) is 5.69 Å². The van der Waals surface area contributed by atoms with Crippen LogP contribution in [-0.4, -0.2) is 4.98 Å². The van der Waals surface area contributed by atoms with Crippen molar-refractivity contribution in [1.29, 1.82) is 0 Å². The fraction of sp³-hybridized carbons (Fsp3) is 0.250. The van der Waals surface area contributed by atoms with Gasteiger partial charge in [-0.05, 0) is 24.1 Å². The molecule has 0 saturated heterocycles. The molecule has 2 aromatic rings. The lowest BCUT2D eigenvalue weighted by Gasteiger charge is -2.08. The van der Waals surface area contributed by atoms with Crippen LogP contribution in [-0.2, 0) is 6.42 Å². The van der Waals surface area contributed by atoms with Gasteiger partial charge in [0.15, 0.2) is 0 Å². The standard InChI is InChI=1S/C12H14N2S/c1-9(12-14-6-7-15-12)8-10-2-4-11(13)5-3-10/h2-7,9H,8,13H2,1H3. The molecule has 2 rings (SSSR count). The number of thiazole rings is 1. The highest BCUT2D eigenvalue weighted by Gasteiger charge is 2.08. The van der Waals surface area contributed by atoms with Crippen LogP contribution in [0.2, 0.25) is 0 Å². The summed E-state index contributed by atoms with van der Waals surface area (Å²) in [5.74, 6) is 0.480. The summed E-state index contributed by atoms with van der Waals surface area (Å²) in [6.45, 7) is 2.20. The average molecular weight is 218 g/mol. The Kier molecular flexibility index (Phi) is 3.02. The minimum Gasteiger partial charge on any atom is -0.399 e. The second-order valence-electron chi connectivity index (χ2n) is 3.72. The number of hydrogen-bond donors (Lipinski definition) is 1. The largest absolute Gasteiger partial charge is 0.399 e. The van der Waals surface area contributed by atoms with Crippen molar-refractivity contribution in [1.82, 2.24) is 4.98 Å². The second kappa shape index (κ2) is 4.45. The topological polar surface area (TPSA) is 38.9 Å². The van der Waals surface area contributed by atoms with Gasteiger partial charge in [0.05, 0.1) is 5.01 Å². The van der Waals surface area contributed by atoms with Crippen LogP contribution in [0, 0.1) is 0 Å². The summed E-state index contributed by atoms with van der Waals surface area (Å²) in [5, 5.41) is 3.22. The van der Waals surface area contributed by atoms with Gasteiger partial charge >= 0.3 is 0 Å². The summed E-state index contributed by atoms with van der Waals surface area (Å²) in [6, 6.07) is 8.06. The molecule has 1 unspecified atom stereocenters. The summed E-state index contributed by atoms with van der Waals surface area (Å²) in [5.41, 5.74) is 7.77. The van der Waals surface area contributed by atoms with Crippen LogP contribution < -0.4 is 5.73 Å². The lowest BCUT2D eigenvalue weighted by Crippen LogP contribution is -1.97. The zero-order valence-corrected chi connectivity index (χ0v) is 9.50. The third-order valence-corrected chi connectivity index (χ3v) is 3.40. The third-order valence-electron chi connectivity index (χ3n) is 2.39. The fourth-order valence-electron chi connectivity index (χ4n) is 1.57. The normalized spacial score (nSPS) is 12.6.